The van der Waals surface area contributed by atoms with E-state index in [1.165, 1.54) is 22.6 Å². The maximum atomic E-state index is 13.9. The second kappa shape index (κ2) is 9.36. The standard InChI is InChI=1S/C24H22F3N7OS/c1-33(2)11-21(24(25,26)27)35-19-7-14(15-9-31-34(3)10-15)6-18-22(19)23(29-12-28-18)32-16-4-5-17-20(8-16)36-13-30-17/h4-10,12-13,21H,11H2,1-3H3,(H,28,29,32)/t21-/m0/s1. The number of benzene rings is 2. The molecule has 1 N–H and O–H groups in total. The Kier molecular flexibility index (Phi) is 6.22. The third-order valence-electron chi connectivity index (χ3n) is 5.50. The normalized spacial score (nSPS) is 13.0. The molecule has 0 radical (unpaired) electrons. The molecule has 0 aliphatic heterocycles. The van der Waals surface area contributed by atoms with Crippen LogP contribution in [0, 0.1) is 0 Å². The van der Waals surface area contributed by atoms with Gasteiger partial charge >= 0.3 is 6.18 Å². The van der Waals surface area contributed by atoms with Crippen LogP contribution in [0.3, 0.4) is 0 Å². The SMILES string of the molecule is CN(C)C[C@H](Oc1cc(-c2cnn(C)c2)cc2ncnc(Nc3ccc4ncsc4c3)c12)C(F)(F)F. The van der Waals surface area contributed by atoms with Gasteiger partial charge in [0, 0.05) is 31.0 Å². The lowest BCUT2D eigenvalue weighted by molar-refractivity contribution is -0.197. The average Bonchev–Trinajstić information content (AvgIpc) is 3.46. The molecule has 0 saturated carbocycles. The second-order valence-corrected chi connectivity index (χ2v) is 9.45. The van der Waals surface area contributed by atoms with Gasteiger partial charge in [0.15, 0.2) is 0 Å². The van der Waals surface area contributed by atoms with Gasteiger partial charge in [0.1, 0.15) is 17.9 Å². The predicted octanol–water partition coefficient (Wildman–Crippen LogP) is 5.25. The first kappa shape index (κ1) is 23.9. The summed E-state index contributed by atoms with van der Waals surface area (Å²) >= 11 is 1.49. The van der Waals surface area contributed by atoms with E-state index >= 15 is 0 Å². The molecule has 186 valence electrons. The number of aromatic nitrogens is 5. The number of ether oxygens (including phenoxy) is 1. The summed E-state index contributed by atoms with van der Waals surface area (Å²) in [7, 11) is 4.90. The summed E-state index contributed by atoms with van der Waals surface area (Å²) < 4.78 is 50.1. The Labute approximate surface area is 208 Å². The van der Waals surface area contributed by atoms with Crippen LogP contribution in [0.5, 0.6) is 5.75 Å². The highest BCUT2D eigenvalue weighted by Crippen LogP contribution is 2.38. The summed E-state index contributed by atoms with van der Waals surface area (Å²) in [5.74, 6) is 0.361. The molecule has 5 rings (SSSR count). The van der Waals surface area contributed by atoms with E-state index in [0.717, 1.165) is 21.5 Å². The number of anilines is 2. The minimum Gasteiger partial charge on any atom is -0.479 e. The third kappa shape index (κ3) is 4.95. The van der Waals surface area contributed by atoms with Gasteiger partial charge < -0.3 is 15.0 Å². The van der Waals surface area contributed by atoms with Crippen LogP contribution < -0.4 is 10.1 Å². The third-order valence-corrected chi connectivity index (χ3v) is 6.29. The van der Waals surface area contributed by atoms with E-state index in [9.17, 15) is 13.2 Å². The molecule has 0 aliphatic carbocycles. The molecule has 5 aromatic rings. The smallest absolute Gasteiger partial charge is 0.426 e. The van der Waals surface area contributed by atoms with Crippen molar-refractivity contribution in [1.29, 1.82) is 0 Å². The largest absolute Gasteiger partial charge is 0.479 e. The maximum Gasteiger partial charge on any atom is 0.426 e. The highest BCUT2D eigenvalue weighted by Gasteiger charge is 2.42. The van der Waals surface area contributed by atoms with Crippen molar-refractivity contribution in [3.8, 4) is 16.9 Å². The predicted molar refractivity (Wildman–Crippen MR) is 134 cm³/mol. The molecular weight excluding hydrogens is 491 g/mol. The van der Waals surface area contributed by atoms with Crippen molar-refractivity contribution >= 4 is 44.0 Å². The number of halogens is 3. The van der Waals surface area contributed by atoms with Crippen LogP contribution in [-0.2, 0) is 7.05 Å². The van der Waals surface area contributed by atoms with Crippen molar-refractivity contribution in [3.05, 3.63) is 54.6 Å². The van der Waals surface area contributed by atoms with Crippen LogP contribution in [0.1, 0.15) is 0 Å². The molecule has 3 heterocycles. The van der Waals surface area contributed by atoms with Crippen LogP contribution >= 0.6 is 11.3 Å². The van der Waals surface area contributed by atoms with Gasteiger partial charge in [-0.05, 0) is 50.0 Å². The second-order valence-electron chi connectivity index (χ2n) is 8.56. The zero-order chi connectivity index (χ0) is 25.4. The molecule has 0 aliphatic rings. The fourth-order valence-electron chi connectivity index (χ4n) is 3.84. The van der Waals surface area contributed by atoms with E-state index in [1.54, 1.807) is 55.9 Å². The van der Waals surface area contributed by atoms with Gasteiger partial charge in [-0.25, -0.2) is 15.0 Å². The number of hydrogen-bond donors (Lipinski definition) is 1. The minimum atomic E-state index is -4.58. The molecule has 2 aromatic carbocycles. The van der Waals surface area contributed by atoms with Crippen LogP contribution in [0.15, 0.2) is 54.6 Å². The Morgan fingerprint density at radius 3 is 2.64 bits per heavy atom. The highest BCUT2D eigenvalue weighted by molar-refractivity contribution is 7.16. The molecule has 3 aromatic heterocycles. The van der Waals surface area contributed by atoms with Crippen molar-refractivity contribution in [2.24, 2.45) is 7.05 Å². The van der Waals surface area contributed by atoms with Crippen LogP contribution in [0.25, 0.3) is 32.2 Å². The number of aryl methyl sites for hydroxylation is 1. The molecule has 0 spiro atoms. The summed E-state index contributed by atoms with van der Waals surface area (Å²) in [6.07, 6.45) is -1.86. The van der Waals surface area contributed by atoms with Crippen molar-refractivity contribution in [2.45, 2.75) is 12.3 Å². The van der Waals surface area contributed by atoms with Gasteiger partial charge in [-0.3, -0.25) is 4.68 Å². The molecule has 0 fully saturated rings. The number of thiazole rings is 1. The molecule has 1 atom stereocenters. The molecule has 36 heavy (non-hydrogen) atoms. The van der Waals surface area contributed by atoms with Gasteiger partial charge in [0.05, 0.1) is 32.8 Å². The lowest BCUT2D eigenvalue weighted by atomic mass is 10.1. The molecular formula is C24H22F3N7OS. The lowest BCUT2D eigenvalue weighted by Crippen LogP contribution is -2.42. The molecule has 12 heteroatoms. The summed E-state index contributed by atoms with van der Waals surface area (Å²) in [5, 5.41) is 7.75. The first-order chi connectivity index (χ1) is 17.2. The van der Waals surface area contributed by atoms with Gasteiger partial charge in [0.2, 0.25) is 6.10 Å². The van der Waals surface area contributed by atoms with Crippen LogP contribution in [0.4, 0.5) is 24.7 Å². The molecule has 8 nitrogen and oxygen atoms in total. The topological polar surface area (TPSA) is 81.0 Å². The van der Waals surface area contributed by atoms with Crippen molar-refractivity contribution in [2.75, 3.05) is 26.0 Å². The maximum absolute atomic E-state index is 13.9. The summed E-state index contributed by atoms with van der Waals surface area (Å²) in [5.41, 5.74) is 5.13. The molecule has 0 unspecified atom stereocenters. The Hall–Kier alpha value is -3.77. The van der Waals surface area contributed by atoms with Crippen LogP contribution in [-0.4, -0.2) is 62.6 Å². The monoisotopic (exact) mass is 513 g/mol. The van der Waals surface area contributed by atoms with E-state index in [-0.39, 0.29) is 12.3 Å². The van der Waals surface area contributed by atoms with Crippen molar-refractivity contribution in [3.63, 3.8) is 0 Å². The Balaban J connectivity index is 1.64. The zero-order valence-corrected chi connectivity index (χ0v) is 20.4. The average molecular weight is 514 g/mol. The number of nitrogens with zero attached hydrogens (tertiary/aromatic N) is 6. The van der Waals surface area contributed by atoms with Crippen molar-refractivity contribution in [1.82, 2.24) is 29.6 Å². The highest BCUT2D eigenvalue weighted by atomic mass is 32.1. The number of hydrogen-bond acceptors (Lipinski definition) is 8. The fraction of sp³-hybridized carbons (Fsp3) is 0.250. The van der Waals surface area contributed by atoms with E-state index in [4.69, 9.17) is 4.74 Å². The fourth-order valence-corrected chi connectivity index (χ4v) is 4.56. The molecule has 0 saturated heterocycles. The van der Waals surface area contributed by atoms with Gasteiger partial charge in [0.25, 0.3) is 0 Å². The molecule has 0 bridgehead atoms. The Bertz CT molecular complexity index is 1530. The van der Waals surface area contributed by atoms with Gasteiger partial charge in [-0.15, -0.1) is 11.3 Å². The number of rotatable bonds is 7. The quantitative estimate of drug-likeness (QED) is 0.318. The number of fused-ring (bicyclic) bond motifs is 2. The first-order valence-electron chi connectivity index (χ1n) is 10.9. The van der Waals surface area contributed by atoms with Gasteiger partial charge in [-0.1, -0.05) is 0 Å². The van der Waals surface area contributed by atoms with E-state index in [1.807, 2.05) is 18.2 Å². The lowest BCUT2D eigenvalue weighted by Gasteiger charge is -2.26. The summed E-state index contributed by atoms with van der Waals surface area (Å²) in [6, 6.07) is 8.98. The van der Waals surface area contributed by atoms with E-state index in [0.29, 0.717) is 22.3 Å². The van der Waals surface area contributed by atoms with Gasteiger partial charge in [-0.2, -0.15) is 18.3 Å². The van der Waals surface area contributed by atoms with E-state index < -0.39 is 12.3 Å². The van der Waals surface area contributed by atoms with Crippen LogP contribution in [0.2, 0.25) is 0 Å². The molecule has 0 amide bonds. The Morgan fingerprint density at radius 2 is 1.92 bits per heavy atom. The van der Waals surface area contributed by atoms with Crippen molar-refractivity contribution < 1.29 is 17.9 Å². The number of likely N-dealkylation sites (N-methyl/N-ethyl adjacent to an activating group) is 1. The zero-order valence-electron chi connectivity index (χ0n) is 19.6. The Morgan fingerprint density at radius 1 is 1.08 bits per heavy atom. The summed E-state index contributed by atoms with van der Waals surface area (Å²) in [6.45, 7) is -0.347. The summed E-state index contributed by atoms with van der Waals surface area (Å²) in [4.78, 5) is 14.4. The number of alkyl halides is 3. The first-order valence-corrected chi connectivity index (χ1v) is 11.8. The minimum absolute atomic E-state index is 0.0255. The number of nitrogens with one attached hydrogen (secondary N) is 1. The van der Waals surface area contributed by atoms with E-state index in [2.05, 4.69) is 25.4 Å².